The quantitative estimate of drug-likeness (QED) is 0.835. The largest absolute Gasteiger partial charge is 0.311 e. The fraction of sp³-hybridized carbons (Fsp3) is 0.364. The Bertz CT molecular complexity index is 434. The molecule has 14 heavy (non-hydrogen) atoms. The Hall–Kier alpha value is -0.930. The third-order valence-electron chi connectivity index (χ3n) is 2.11. The van der Waals surface area contributed by atoms with Gasteiger partial charge < -0.3 is 5.32 Å². The summed E-state index contributed by atoms with van der Waals surface area (Å²) in [4.78, 5) is 4.57. The van der Waals surface area contributed by atoms with Crippen molar-refractivity contribution in [2.45, 2.75) is 20.4 Å². The molecule has 2 aromatic rings. The molecule has 0 atom stereocenters. The summed E-state index contributed by atoms with van der Waals surface area (Å²) in [5.74, 6) is 0. The highest BCUT2D eigenvalue weighted by Gasteiger charge is 2.02. The van der Waals surface area contributed by atoms with Crippen molar-refractivity contribution in [2.24, 2.45) is 0 Å². The second-order valence-electron chi connectivity index (χ2n) is 3.36. The number of rotatable bonds is 3. The van der Waals surface area contributed by atoms with Gasteiger partial charge in [-0.1, -0.05) is 13.0 Å². The molecule has 3 heteroatoms. The number of hydrogen-bond donors (Lipinski definition) is 1. The molecule has 0 saturated carbocycles. The zero-order chi connectivity index (χ0) is 9.97. The standard InChI is InChI=1S/C11H14N2S/c1-3-12-7-11-13-9-6-8(2)4-5-10(9)14-11/h4-6,12H,3,7H2,1-2H3. The Kier molecular flexibility index (Phi) is 2.79. The Morgan fingerprint density at radius 1 is 1.43 bits per heavy atom. The van der Waals surface area contributed by atoms with Crippen molar-refractivity contribution in [3.63, 3.8) is 0 Å². The van der Waals surface area contributed by atoms with Gasteiger partial charge in [-0.05, 0) is 31.2 Å². The molecule has 0 amide bonds. The Morgan fingerprint density at radius 2 is 2.29 bits per heavy atom. The van der Waals surface area contributed by atoms with Crippen LogP contribution in [0, 0.1) is 6.92 Å². The molecule has 1 aromatic heterocycles. The van der Waals surface area contributed by atoms with Gasteiger partial charge in [0.15, 0.2) is 0 Å². The summed E-state index contributed by atoms with van der Waals surface area (Å²) in [5.41, 5.74) is 2.40. The molecular formula is C11H14N2S. The normalized spacial score (nSPS) is 11.0. The van der Waals surface area contributed by atoms with E-state index in [-0.39, 0.29) is 0 Å². The average Bonchev–Trinajstić information content (AvgIpc) is 2.56. The molecule has 2 nitrogen and oxygen atoms in total. The number of thiazole rings is 1. The van der Waals surface area contributed by atoms with Crippen LogP contribution in [0.5, 0.6) is 0 Å². The van der Waals surface area contributed by atoms with Crippen molar-refractivity contribution < 1.29 is 0 Å². The first-order valence-electron chi connectivity index (χ1n) is 4.86. The van der Waals surface area contributed by atoms with E-state index in [4.69, 9.17) is 0 Å². The van der Waals surface area contributed by atoms with E-state index in [0.29, 0.717) is 0 Å². The number of nitrogens with zero attached hydrogens (tertiary/aromatic N) is 1. The number of hydrogen-bond acceptors (Lipinski definition) is 3. The molecular weight excluding hydrogens is 192 g/mol. The predicted octanol–water partition coefficient (Wildman–Crippen LogP) is 2.71. The fourth-order valence-corrected chi connectivity index (χ4v) is 2.31. The Morgan fingerprint density at radius 3 is 3.07 bits per heavy atom. The van der Waals surface area contributed by atoms with Crippen LogP contribution in [0.15, 0.2) is 18.2 Å². The SMILES string of the molecule is CCNCc1nc2cc(C)ccc2s1. The molecule has 0 bridgehead atoms. The molecule has 0 aliphatic heterocycles. The molecule has 1 N–H and O–H groups in total. The number of fused-ring (bicyclic) bond motifs is 1. The smallest absolute Gasteiger partial charge is 0.108 e. The van der Waals surface area contributed by atoms with E-state index in [1.54, 1.807) is 11.3 Å². The molecule has 0 spiro atoms. The van der Waals surface area contributed by atoms with Crippen molar-refractivity contribution in [1.29, 1.82) is 0 Å². The summed E-state index contributed by atoms with van der Waals surface area (Å²) in [6.45, 7) is 6.09. The molecule has 0 radical (unpaired) electrons. The van der Waals surface area contributed by atoms with Crippen LogP contribution in [-0.4, -0.2) is 11.5 Å². The average molecular weight is 206 g/mol. The summed E-state index contributed by atoms with van der Waals surface area (Å²) < 4.78 is 1.28. The van der Waals surface area contributed by atoms with Gasteiger partial charge in [-0.15, -0.1) is 11.3 Å². The number of aromatic nitrogens is 1. The van der Waals surface area contributed by atoms with Crippen molar-refractivity contribution in [1.82, 2.24) is 10.3 Å². The summed E-state index contributed by atoms with van der Waals surface area (Å²) in [5, 5.41) is 4.46. The second-order valence-corrected chi connectivity index (χ2v) is 4.47. The minimum absolute atomic E-state index is 0.884. The van der Waals surface area contributed by atoms with Crippen LogP contribution in [0.4, 0.5) is 0 Å². The van der Waals surface area contributed by atoms with E-state index in [1.165, 1.54) is 15.3 Å². The molecule has 0 fully saturated rings. The lowest BCUT2D eigenvalue weighted by atomic mass is 10.2. The molecule has 1 aromatic carbocycles. The molecule has 0 aliphatic rings. The van der Waals surface area contributed by atoms with Crippen LogP contribution in [0.1, 0.15) is 17.5 Å². The third-order valence-corrected chi connectivity index (χ3v) is 3.15. The van der Waals surface area contributed by atoms with Crippen molar-refractivity contribution in [3.05, 3.63) is 28.8 Å². The minimum Gasteiger partial charge on any atom is -0.311 e. The van der Waals surface area contributed by atoms with Gasteiger partial charge in [0.05, 0.1) is 10.2 Å². The van der Waals surface area contributed by atoms with E-state index in [2.05, 4.69) is 42.3 Å². The maximum atomic E-state index is 4.57. The second kappa shape index (κ2) is 4.07. The zero-order valence-corrected chi connectivity index (χ0v) is 9.32. The van der Waals surface area contributed by atoms with Gasteiger partial charge >= 0.3 is 0 Å². The minimum atomic E-state index is 0.884. The van der Waals surface area contributed by atoms with Gasteiger partial charge in [0, 0.05) is 6.54 Å². The van der Waals surface area contributed by atoms with Gasteiger partial charge in [-0.2, -0.15) is 0 Å². The lowest BCUT2D eigenvalue weighted by Gasteiger charge is -1.93. The van der Waals surface area contributed by atoms with Crippen LogP contribution >= 0.6 is 11.3 Å². The maximum Gasteiger partial charge on any atom is 0.108 e. The lowest BCUT2D eigenvalue weighted by Crippen LogP contribution is -2.11. The van der Waals surface area contributed by atoms with E-state index in [1.807, 2.05) is 0 Å². The highest BCUT2D eigenvalue weighted by molar-refractivity contribution is 7.18. The lowest BCUT2D eigenvalue weighted by molar-refractivity contribution is 0.724. The van der Waals surface area contributed by atoms with Crippen molar-refractivity contribution >= 4 is 21.6 Å². The topological polar surface area (TPSA) is 24.9 Å². The molecule has 2 rings (SSSR count). The highest BCUT2D eigenvalue weighted by Crippen LogP contribution is 2.22. The molecule has 0 unspecified atom stereocenters. The first-order chi connectivity index (χ1) is 6.79. The van der Waals surface area contributed by atoms with Gasteiger partial charge in [-0.3, -0.25) is 0 Å². The number of nitrogens with one attached hydrogen (secondary N) is 1. The Labute approximate surface area is 88.0 Å². The van der Waals surface area contributed by atoms with Gasteiger partial charge in [0.25, 0.3) is 0 Å². The van der Waals surface area contributed by atoms with Crippen LogP contribution in [0.2, 0.25) is 0 Å². The van der Waals surface area contributed by atoms with Crippen LogP contribution in [-0.2, 0) is 6.54 Å². The number of benzene rings is 1. The van der Waals surface area contributed by atoms with E-state index >= 15 is 0 Å². The predicted molar refractivity (Wildman–Crippen MR) is 61.7 cm³/mol. The molecule has 1 heterocycles. The molecule has 0 aliphatic carbocycles. The van der Waals surface area contributed by atoms with E-state index < -0.39 is 0 Å². The first-order valence-corrected chi connectivity index (χ1v) is 5.68. The van der Waals surface area contributed by atoms with Gasteiger partial charge in [0.1, 0.15) is 5.01 Å². The molecule has 74 valence electrons. The summed E-state index contributed by atoms with van der Waals surface area (Å²) in [7, 11) is 0. The molecule has 0 saturated heterocycles. The maximum absolute atomic E-state index is 4.57. The summed E-state index contributed by atoms with van der Waals surface area (Å²) in [6, 6.07) is 6.43. The zero-order valence-electron chi connectivity index (χ0n) is 8.50. The van der Waals surface area contributed by atoms with Crippen LogP contribution in [0.3, 0.4) is 0 Å². The summed E-state index contributed by atoms with van der Waals surface area (Å²) in [6.07, 6.45) is 0. The highest BCUT2D eigenvalue weighted by atomic mass is 32.1. The first kappa shape index (κ1) is 9.62. The monoisotopic (exact) mass is 206 g/mol. The van der Waals surface area contributed by atoms with Crippen molar-refractivity contribution in [2.75, 3.05) is 6.54 Å². The van der Waals surface area contributed by atoms with E-state index in [0.717, 1.165) is 18.6 Å². The van der Waals surface area contributed by atoms with Crippen LogP contribution in [0.25, 0.3) is 10.2 Å². The van der Waals surface area contributed by atoms with Gasteiger partial charge in [-0.25, -0.2) is 4.98 Å². The Balaban J connectivity index is 2.32. The third kappa shape index (κ3) is 1.94. The van der Waals surface area contributed by atoms with Gasteiger partial charge in [0.2, 0.25) is 0 Å². The fourth-order valence-electron chi connectivity index (χ4n) is 1.39. The van der Waals surface area contributed by atoms with Crippen molar-refractivity contribution in [3.8, 4) is 0 Å². The summed E-state index contributed by atoms with van der Waals surface area (Å²) >= 11 is 1.77. The number of aryl methyl sites for hydroxylation is 1. The van der Waals surface area contributed by atoms with Crippen LogP contribution < -0.4 is 5.32 Å². The van der Waals surface area contributed by atoms with E-state index in [9.17, 15) is 0 Å².